The number of hydrogen-bond donors (Lipinski definition) is 1. The summed E-state index contributed by atoms with van der Waals surface area (Å²) in [6.07, 6.45) is 1.21. The van der Waals surface area contributed by atoms with Crippen LogP contribution in [0, 0.1) is 0 Å². The molecule has 0 atom stereocenters. The van der Waals surface area contributed by atoms with Crippen molar-refractivity contribution in [2.45, 2.75) is 6.54 Å². The Bertz CT molecular complexity index is 1260. The van der Waals surface area contributed by atoms with Crippen molar-refractivity contribution in [2.75, 3.05) is 37.9 Å². The third-order valence-corrected chi connectivity index (χ3v) is 5.76. The average molecular weight is 434 g/mol. The summed E-state index contributed by atoms with van der Waals surface area (Å²) in [5.74, 6) is 0.808. The number of para-hydroxylation sites is 1. The molecule has 0 spiro atoms. The van der Waals surface area contributed by atoms with Gasteiger partial charge in [-0.15, -0.1) is 0 Å². The minimum atomic E-state index is -0.609. The molecule has 32 heavy (non-hydrogen) atoms. The molecule has 0 saturated carbocycles. The first-order chi connectivity index (χ1) is 15.6. The highest BCUT2D eigenvalue weighted by Crippen LogP contribution is 2.32. The number of H-pyrrole nitrogens is 1. The van der Waals surface area contributed by atoms with Crippen LogP contribution < -0.4 is 25.6 Å². The Balaban J connectivity index is 1.34. The van der Waals surface area contributed by atoms with Crippen molar-refractivity contribution in [3.63, 3.8) is 0 Å². The number of fused-ring (bicyclic) bond motifs is 1. The number of benzene rings is 2. The van der Waals surface area contributed by atoms with Crippen molar-refractivity contribution < 1.29 is 14.3 Å². The number of piperazine rings is 1. The van der Waals surface area contributed by atoms with E-state index in [9.17, 15) is 14.4 Å². The van der Waals surface area contributed by atoms with Gasteiger partial charge in [-0.05, 0) is 29.8 Å². The van der Waals surface area contributed by atoms with E-state index in [1.54, 1.807) is 23.1 Å². The van der Waals surface area contributed by atoms with Crippen LogP contribution in [0.3, 0.4) is 0 Å². The molecule has 1 N–H and O–H groups in total. The van der Waals surface area contributed by atoms with Crippen LogP contribution in [0.15, 0.2) is 64.3 Å². The van der Waals surface area contributed by atoms with Gasteiger partial charge in [0.2, 0.25) is 6.79 Å². The van der Waals surface area contributed by atoms with Gasteiger partial charge in [-0.2, -0.15) is 0 Å². The lowest BCUT2D eigenvalue weighted by Gasteiger charge is -2.36. The van der Waals surface area contributed by atoms with Gasteiger partial charge in [0, 0.05) is 38.1 Å². The Morgan fingerprint density at radius 2 is 1.69 bits per heavy atom. The molecule has 5 rings (SSSR count). The highest BCUT2D eigenvalue weighted by atomic mass is 16.7. The van der Waals surface area contributed by atoms with Crippen molar-refractivity contribution in [2.24, 2.45) is 0 Å². The lowest BCUT2D eigenvalue weighted by atomic mass is 10.2. The predicted molar refractivity (Wildman–Crippen MR) is 118 cm³/mol. The molecule has 0 unspecified atom stereocenters. The van der Waals surface area contributed by atoms with Gasteiger partial charge >= 0.3 is 5.69 Å². The summed E-state index contributed by atoms with van der Waals surface area (Å²) in [6.45, 7) is 2.49. The maximum atomic E-state index is 13.1. The molecule has 3 heterocycles. The van der Waals surface area contributed by atoms with Crippen LogP contribution in [0.2, 0.25) is 0 Å². The fourth-order valence-corrected chi connectivity index (χ4v) is 4.01. The van der Waals surface area contributed by atoms with E-state index in [1.165, 1.54) is 6.20 Å². The summed E-state index contributed by atoms with van der Waals surface area (Å²) < 4.78 is 11.7. The molecule has 0 radical (unpaired) electrons. The molecule has 0 bridgehead atoms. The van der Waals surface area contributed by atoms with Crippen LogP contribution in [0.1, 0.15) is 15.9 Å². The molecule has 0 aliphatic carbocycles. The molecule has 1 aromatic heterocycles. The first-order valence-electron chi connectivity index (χ1n) is 10.4. The number of rotatable bonds is 4. The fourth-order valence-electron chi connectivity index (χ4n) is 4.01. The first-order valence-corrected chi connectivity index (χ1v) is 10.4. The standard InChI is InChI=1S/C23H22N4O5/c28-21(26-10-8-25(9-11-26)17-4-2-1-3-5-17)18-13-24-23(30)27(22(18)29)14-16-6-7-19-20(12-16)32-15-31-19/h1-7,12-13H,8-11,14-15H2,(H,24,30). The van der Waals surface area contributed by atoms with Crippen molar-refractivity contribution >= 4 is 11.6 Å². The van der Waals surface area contributed by atoms with Gasteiger partial charge in [0.25, 0.3) is 11.5 Å². The summed E-state index contributed by atoms with van der Waals surface area (Å²) in [6, 6.07) is 15.2. The fraction of sp³-hybridized carbons (Fsp3) is 0.261. The van der Waals surface area contributed by atoms with E-state index >= 15 is 0 Å². The smallest absolute Gasteiger partial charge is 0.328 e. The molecule has 1 amide bonds. The van der Waals surface area contributed by atoms with Gasteiger partial charge in [-0.3, -0.25) is 14.2 Å². The Hall–Kier alpha value is -4.01. The number of nitrogens with zero attached hydrogens (tertiary/aromatic N) is 3. The number of amides is 1. The van der Waals surface area contributed by atoms with E-state index in [2.05, 4.69) is 9.88 Å². The monoisotopic (exact) mass is 434 g/mol. The van der Waals surface area contributed by atoms with E-state index in [-0.39, 0.29) is 24.8 Å². The lowest BCUT2D eigenvalue weighted by Crippen LogP contribution is -2.50. The minimum absolute atomic E-state index is 0.0215. The highest BCUT2D eigenvalue weighted by molar-refractivity contribution is 5.93. The van der Waals surface area contributed by atoms with Gasteiger partial charge in [-0.25, -0.2) is 4.79 Å². The van der Waals surface area contributed by atoms with Gasteiger partial charge in [0.1, 0.15) is 5.56 Å². The number of anilines is 1. The summed E-state index contributed by atoms with van der Waals surface area (Å²) >= 11 is 0. The molecule has 1 saturated heterocycles. The molecule has 2 aromatic carbocycles. The largest absolute Gasteiger partial charge is 0.454 e. The van der Waals surface area contributed by atoms with Crippen molar-refractivity contribution in [1.82, 2.24) is 14.5 Å². The van der Waals surface area contributed by atoms with Crippen LogP contribution in [-0.2, 0) is 6.54 Å². The number of ether oxygens (including phenoxy) is 2. The molecule has 2 aliphatic heterocycles. The van der Waals surface area contributed by atoms with Crippen molar-refractivity contribution in [3.8, 4) is 11.5 Å². The maximum absolute atomic E-state index is 13.1. The molecule has 9 nitrogen and oxygen atoms in total. The van der Waals surface area contributed by atoms with Gasteiger partial charge in [0.15, 0.2) is 11.5 Å². The SMILES string of the molecule is O=C(c1c[nH]c(=O)n(Cc2ccc3c(c2)OCO3)c1=O)N1CCN(c2ccccc2)CC1. The maximum Gasteiger partial charge on any atom is 0.328 e. The quantitative estimate of drug-likeness (QED) is 0.665. The molecule has 3 aromatic rings. The normalized spacial score (nSPS) is 15.1. The number of carbonyl (C=O) groups is 1. The average Bonchev–Trinajstić information content (AvgIpc) is 3.30. The van der Waals surface area contributed by atoms with Crippen LogP contribution >= 0.6 is 0 Å². The van der Waals surface area contributed by atoms with Crippen molar-refractivity contribution in [1.29, 1.82) is 0 Å². The predicted octanol–water partition coefficient (Wildman–Crippen LogP) is 1.28. The molecular weight excluding hydrogens is 412 g/mol. The van der Waals surface area contributed by atoms with E-state index in [0.29, 0.717) is 43.2 Å². The second-order valence-corrected chi connectivity index (χ2v) is 7.70. The zero-order valence-corrected chi connectivity index (χ0v) is 17.3. The van der Waals surface area contributed by atoms with E-state index in [1.807, 2.05) is 30.3 Å². The zero-order valence-electron chi connectivity index (χ0n) is 17.3. The number of aromatic nitrogens is 2. The first kappa shape index (κ1) is 19.9. The molecule has 2 aliphatic rings. The van der Waals surface area contributed by atoms with Crippen LogP contribution in [0.25, 0.3) is 0 Å². The number of hydrogen-bond acceptors (Lipinski definition) is 6. The molecular formula is C23H22N4O5. The molecule has 164 valence electrons. The van der Waals surface area contributed by atoms with Gasteiger partial charge in [0.05, 0.1) is 6.54 Å². The van der Waals surface area contributed by atoms with E-state index in [4.69, 9.17) is 9.47 Å². The van der Waals surface area contributed by atoms with Crippen LogP contribution in [0.4, 0.5) is 5.69 Å². The Morgan fingerprint density at radius 1 is 0.938 bits per heavy atom. The highest BCUT2D eigenvalue weighted by Gasteiger charge is 2.25. The zero-order chi connectivity index (χ0) is 22.1. The molecule has 9 heteroatoms. The summed E-state index contributed by atoms with van der Waals surface area (Å²) in [4.78, 5) is 44.8. The van der Waals surface area contributed by atoms with Crippen LogP contribution in [0.5, 0.6) is 11.5 Å². The summed E-state index contributed by atoms with van der Waals surface area (Å²) in [7, 11) is 0. The van der Waals surface area contributed by atoms with Crippen molar-refractivity contribution in [3.05, 3.63) is 86.7 Å². The third kappa shape index (κ3) is 3.73. The molecule has 1 fully saturated rings. The van der Waals surface area contributed by atoms with E-state index in [0.717, 1.165) is 10.3 Å². The third-order valence-electron chi connectivity index (χ3n) is 5.76. The summed E-state index contributed by atoms with van der Waals surface area (Å²) in [5.41, 5.74) is 0.580. The van der Waals surface area contributed by atoms with Gasteiger partial charge < -0.3 is 24.3 Å². The van der Waals surface area contributed by atoms with Gasteiger partial charge in [-0.1, -0.05) is 24.3 Å². The second-order valence-electron chi connectivity index (χ2n) is 7.70. The second kappa shape index (κ2) is 8.26. The van der Waals surface area contributed by atoms with E-state index < -0.39 is 11.2 Å². The van der Waals surface area contributed by atoms with Crippen LogP contribution in [-0.4, -0.2) is 53.3 Å². The Kier molecular flexibility index (Phi) is 5.14. The lowest BCUT2D eigenvalue weighted by molar-refractivity contribution is 0.0743. The minimum Gasteiger partial charge on any atom is -0.454 e. The Morgan fingerprint density at radius 3 is 2.47 bits per heavy atom. The number of carbonyl (C=O) groups excluding carboxylic acids is 1. The number of nitrogens with one attached hydrogen (secondary N) is 1. The summed E-state index contributed by atoms with van der Waals surface area (Å²) in [5, 5.41) is 0. The number of aromatic amines is 1. The Labute approximate surface area is 183 Å². The topological polar surface area (TPSA) is 96.9 Å².